The highest BCUT2D eigenvalue weighted by Crippen LogP contribution is 2.10. The maximum Gasteiger partial charge on any atom is 0.254 e. The molecule has 1 amide bonds. The zero-order chi connectivity index (χ0) is 14.4. The van der Waals surface area contributed by atoms with Crippen molar-refractivity contribution in [1.82, 2.24) is 10.3 Å². The molecule has 4 nitrogen and oxygen atoms in total. The number of halogens is 1. The van der Waals surface area contributed by atoms with Gasteiger partial charge in [0.1, 0.15) is 5.82 Å². The monoisotopic (exact) mass is 289 g/mol. The molecule has 2 rings (SSSR count). The molecule has 102 valence electrons. The van der Waals surface area contributed by atoms with Crippen LogP contribution in [0.15, 0.2) is 29.1 Å². The average molecular weight is 289 g/mol. The van der Waals surface area contributed by atoms with Crippen LogP contribution >= 0.6 is 11.3 Å². The average Bonchev–Trinajstić information content (AvgIpc) is 2.96. The Morgan fingerprint density at radius 2 is 2.35 bits per heavy atom. The number of nitrogens with two attached hydrogens (primary N) is 1. The molecule has 0 spiro atoms. The van der Waals surface area contributed by atoms with Crippen molar-refractivity contribution >= 4 is 17.2 Å². The van der Waals surface area contributed by atoms with Crippen LogP contribution < -0.4 is 11.1 Å². The van der Waals surface area contributed by atoms with E-state index in [1.807, 2.05) is 5.38 Å². The number of aromatic nitrogens is 1. The Morgan fingerprint density at radius 3 is 3.00 bits per heavy atom. The molecule has 0 aliphatic rings. The zero-order valence-corrected chi connectivity index (χ0v) is 11.3. The number of hydrogen-bond acceptors (Lipinski definition) is 4. The molecular weight excluding hydrogens is 277 g/mol. The molecule has 6 heteroatoms. The minimum atomic E-state index is -0.607. The van der Waals surface area contributed by atoms with Gasteiger partial charge in [-0.15, -0.1) is 11.3 Å². The number of hydrogen-bond donors (Lipinski definition) is 2. The first-order valence-corrected chi connectivity index (χ1v) is 6.78. The third-order valence-electron chi connectivity index (χ3n) is 2.46. The van der Waals surface area contributed by atoms with Crippen molar-refractivity contribution in [3.05, 3.63) is 51.7 Å². The molecule has 0 fully saturated rings. The number of amides is 1. The van der Waals surface area contributed by atoms with Gasteiger partial charge < -0.3 is 11.1 Å². The maximum atomic E-state index is 13.8. The summed E-state index contributed by atoms with van der Waals surface area (Å²) < 4.78 is 13.8. The van der Waals surface area contributed by atoms with Crippen LogP contribution in [0.1, 0.15) is 21.6 Å². The van der Waals surface area contributed by atoms with E-state index in [0.29, 0.717) is 5.56 Å². The van der Waals surface area contributed by atoms with Gasteiger partial charge in [0.15, 0.2) is 0 Å². The highest BCUT2D eigenvalue weighted by atomic mass is 32.1. The summed E-state index contributed by atoms with van der Waals surface area (Å²) in [7, 11) is 0. The van der Waals surface area contributed by atoms with Gasteiger partial charge in [-0.1, -0.05) is 11.8 Å². The fourth-order valence-electron chi connectivity index (χ4n) is 1.52. The first kappa shape index (κ1) is 14.2. The number of thiazole rings is 1. The first-order chi connectivity index (χ1) is 9.70. The molecule has 0 radical (unpaired) electrons. The van der Waals surface area contributed by atoms with Gasteiger partial charge in [0.25, 0.3) is 5.91 Å². The number of benzene rings is 1. The molecule has 0 aliphatic heterocycles. The zero-order valence-electron chi connectivity index (χ0n) is 10.5. The van der Waals surface area contributed by atoms with Crippen molar-refractivity contribution in [2.75, 3.05) is 6.54 Å². The molecule has 0 aliphatic carbocycles. The molecule has 1 aromatic carbocycles. The molecule has 1 heterocycles. The van der Waals surface area contributed by atoms with Gasteiger partial charge in [-0.2, -0.15) is 0 Å². The summed E-state index contributed by atoms with van der Waals surface area (Å²) in [4.78, 5) is 15.9. The van der Waals surface area contributed by atoms with Gasteiger partial charge in [0.05, 0.1) is 29.9 Å². The number of nitrogens with one attached hydrogen (secondary N) is 1. The topological polar surface area (TPSA) is 68.0 Å². The molecule has 20 heavy (non-hydrogen) atoms. The van der Waals surface area contributed by atoms with E-state index in [0.717, 1.165) is 5.69 Å². The number of carbonyl (C=O) groups is 1. The standard InChI is InChI=1S/C14H12FN3OS/c15-13-6-10(2-1-5-16)3-4-12(13)14(19)17-7-11-8-20-9-18-11/h3-4,6,8-9H,5,7,16H2,(H,17,19). The van der Waals surface area contributed by atoms with E-state index in [1.54, 1.807) is 11.6 Å². The number of carbonyl (C=O) groups excluding carboxylic acids is 1. The number of nitrogens with zero attached hydrogens (tertiary/aromatic N) is 1. The summed E-state index contributed by atoms with van der Waals surface area (Å²) in [6, 6.07) is 4.22. The van der Waals surface area contributed by atoms with Crippen LogP contribution in [0.5, 0.6) is 0 Å². The Balaban J connectivity index is 2.06. The SMILES string of the molecule is NCC#Cc1ccc(C(=O)NCc2cscn2)c(F)c1. The van der Waals surface area contributed by atoms with Crippen molar-refractivity contribution in [3.63, 3.8) is 0 Å². The third kappa shape index (κ3) is 3.63. The van der Waals surface area contributed by atoms with Crippen LogP contribution in [-0.4, -0.2) is 17.4 Å². The quantitative estimate of drug-likeness (QED) is 0.842. The minimum Gasteiger partial charge on any atom is -0.346 e. The fraction of sp³-hybridized carbons (Fsp3) is 0.143. The normalized spacial score (nSPS) is 9.70. The van der Waals surface area contributed by atoms with E-state index >= 15 is 0 Å². The Labute approximate surface area is 119 Å². The molecule has 3 N–H and O–H groups in total. The molecule has 0 saturated heterocycles. The third-order valence-corrected chi connectivity index (χ3v) is 3.10. The lowest BCUT2D eigenvalue weighted by atomic mass is 10.1. The van der Waals surface area contributed by atoms with E-state index in [1.165, 1.54) is 23.5 Å². The predicted molar refractivity (Wildman–Crippen MR) is 75.6 cm³/mol. The summed E-state index contributed by atoms with van der Waals surface area (Å²) in [6.07, 6.45) is 0. The molecule has 0 saturated carbocycles. The molecule has 1 aromatic heterocycles. The maximum absolute atomic E-state index is 13.8. The van der Waals surface area contributed by atoms with Crippen molar-refractivity contribution < 1.29 is 9.18 Å². The smallest absolute Gasteiger partial charge is 0.254 e. The molecule has 2 aromatic rings. The fourth-order valence-corrected chi connectivity index (χ4v) is 2.08. The summed E-state index contributed by atoms with van der Waals surface area (Å²) in [5.41, 5.74) is 8.13. The Morgan fingerprint density at radius 1 is 1.50 bits per heavy atom. The van der Waals surface area contributed by atoms with Gasteiger partial charge in [-0.05, 0) is 18.2 Å². The lowest BCUT2D eigenvalue weighted by molar-refractivity contribution is 0.0946. The molecule has 0 atom stereocenters. The Bertz CT molecular complexity index is 659. The highest BCUT2D eigenvalue weighted by Gasteiger charge is 2.11. The van der Waals surface area contributed by atoms with Crippen molar-refractivity contribution in [3.8, 4) is 11.8 Å². The lowest BCUT2D eigenvalue weighted by Gasteiger charge is -2.05. The summed E-state index contributed by atoms with van der Waals surface area (Å²) in [5.74, 6) is 4.25. The molecule has 0 unspecified atom stereocenters. The minimum absolute atomic E-state index is 0.0153. The van der Waals surface area contributed by atoms with Crippen molar-refractivity contribution in [2.45, 2.75) is 6.54 Å². The lowest BCUT2D eigenvalue weighted by Crippen LogP contribution is -2.24. The van der Waals surface area contributed by atoms with E-state index < -0.39 is 11.7 Å². The summed E-state index contributed by atoms with van der Waals surface area (Å²) >= 11 is 1.44. The van der Waals surface area contributed by atoms with Crippen molar-refractivity contribution in [2.24, 2.45) is 5.73 Å². The van der Waals surface area contributed by atoms with Crippen LogP contribution in [0, 0.1) is 17.7 Å². The number of rotatable bonds is 3. The predicted octanol–water partition coefficient (Wildman–Crippen LogP) is 1.52. The second kappa shape index (κ2) is 6.80. The van der Waals surface area contributed by atoms with E-state index in [-0.39, 0.29) is 18.7 Å². The van der Waals surface area contributed by atoms with Crippen LogP contribution in [-0.2, 0) is 6.54 Å². The van der Waals surface area contributed by atoms with Crippen LogP contribution in [0.3, 0.4) is 0 Å². The van der Waals surface area contributed by atoms with Gasteiger partial charge >= 0.3 is 0 Å². The summed E-state index contributed by atoms with van der Waals surface area (Å²) in [6.45, 7) is 0.480. The van der Waals surface area contributed by atoms with E-state index in [9.17, 15) is 9.18 Å². The van der Waals surface area contributed by atoms with Gasteiger partial charge in [0.2, 0.25) is 0 Å². The van der Waals surface area contributed by atoms with E-state index in [4.69, 9.17) is 5.73 Å². The van der Waals surface area contributed by atoms with Crippen molar-refractivity contribution in [1.29, 1.82) is 0 Å². The van der Waals surface area contributed by atoms with Gasteiger partial charge in [0, 0.05) is 10.9 Å². The van der Waals surface area contributed by atoms with Gasteiger partial charge in [-0.25, -0.2) is 9.37 Å². The second-order valence-corrected chi connectivity index (χ2v) is 4.58. The molecule has 0 bridgehead atoms. The van der Waals surface area contributed by atoms with Crippen LogP contribution in [0.2, 0.25) is 0 Å². The summed E-state index contributed by atoms with van der Waals surface area (Å²) in [5, 5.41) is 4.44. The Kier molecular flexibility index (Phi) is 4.82. The van der Waals surface area contributed by atoms with Crippen LogP contribution in [0.4, 0.5) is 4.39 Å². The van der Waals surface area contributed by atoms with Crippen LogP contribution in [0.25, 0.3) is 0 Å². The first-order valence-electron chi connectivity index (χ1n) is 5.84. The Hall–Kier alpha value is -2.23. The molecular formula is C14H12FN3OS. The largest absolute Gasteiger partial charge is 0.346 e. The van der Waals surface area contributed by atoms with E-state index in [2.05, 4.69) is 22.1 Å². The van der Waals surface area contributed by atoms with Gasteiger partial charge in [-0.3, -0.25) is 4.79 Å². The highest BCUT2D eigenvalue weighted by molar-refractivity contribution is 7.07. The second-order valence-electron chi connectivity index (χ2n) is 3.86.